The molecule has 40 heavy (non-hydrogen) atoms. The molecule has 0 bridgehead atoms. The molecule has 0 saturated carbocycles. The van der Waals surface area contributed by atoms with E-state index >= 15 is 0 Å². The minimum atomic E-state index is -2.61. The van der Waals surface area contributed by atoms with E-state index in [9.17, 15) is 0 Å². The van der Waals surface area contributed by atoms with E-state index in [0.717, 1.165) is 0 Å². The molecule has 0 nitrogen and oxygen atoms in total. The van der Waals surface area contributed by atoms with Crippen molar-refractivity contribution in [3.63, 3.8) is 0 Å². The average molecular weight is 662 g/mol. The van der Waals surface area contributed by atoms with Crippen molar-refractivity contribution in [1.82, 2.24) is 0 Å². The van der Waals surface area contributed by atoms with Crippen LogP contribution in [0.4, 0.5) is 0 Å². The van der Waals surface area contributed by atoms with Crippen LogP contribution >= 0.6 is 0 Å². The van der Waals surface area contributed by atoms with Crippen molar-refractivity contribution in [2.45, 2.75) is 75.0 Å². The van der Waals surface area contributed by atoms with Gasteiger partial charge in [-0.25, -0.2) is 0 Å². The molecule has 212 valence electrons. The molecule has 4 rings (SSSR count). The van der Waals surface area contributed by atoms with Gasteiger partial charge in [0, 0.05) is 0 Å². The van der Waals surface area contributed by atoms with Crippen LogP contribution in [0.5, 0.6) is 0 Å². The molecular formula is C34H43Cl3Si2Ti. The van der Waals surface area contributed by atoms with Gasteiger partial charge in [0.25, 0.3) is 0 Å². The van der Waals surface area contributed by atoms with E-state index in [1.54, 1.807) is 10.4 Å². The fraction of sp³-hybridized carbons (Fsp3) is 0.324. The summed E-state index contributed by atoms with van der Waals surface area (Å²) in [5.74, 6) is 0. The third-order valence-electron chi connectivity index (χ3n) is 8.28. The Hall–Kier alpha value is -0.972. The van der Waals surface area contributed by atoms with Crippen LogP contribution in [0.3, 0.4) is 0 Å². The van der Waals surface area contributed by atoms with E-state index < -0.39 is 16.1 Å². The summed E-state index contributed by atoms with van der Waals surface area (Å²) in [6.07, 6.45) is 0. The van der Waals surface area contributed by atoms with Crippen LogP contribution in [-0.4, -0.2) is 16.1 Å². The summed E-state index contributed by atoms with van der Waals surface area (Å²) in [7, 11) is -4.11. The van der Waals surface area contributed by atoms with Crippen LogP contribution in [0.1, 0.15) is 44.5 Å². The second-order valence-corrected chi connectivity index (χ2v) is 21.0. The summed E-state index contributed by atoms with van der Waals surface area (Å²) >= 11 is 0. The molecule has 0 amide bonds. The van der Waals surface area contributed by atoms with E-state index in [2.05, 4.69) is 136 Å². The zero-order valence-electron chi connectivity index (χ0n) is 25.9. The number of hydrogen-bond acceptors (Lipinski definition) is 0. The Balaban J connectivity index is 0.00000380. The molecule has 0 aliphatic heterocycles. The molecule has 0 radical (unpaired) electrons. The number of benzene rings is 3. The summed E-state index contributed by atoms with van der Waals surface area (Å²) in [6.45, 7) is 25.8. The molecule has 6 heteroatoms. The molecule has 0 N–H and O–H groups in total. The predicted molar refractivity (Wildman–Crippen MR) is 167 cm³/mol. The van der Waals surface area contributed by atoms with Crippen molar-refractivity contribution in [3.8, 4) is 0 Å². The largest absolute Gasteiger partial charge is 4.00 e. The van der Waals surface area contributed by atoms with Gasteiger partial charge in [0.2, 0.25) is 0 Å². The first kappa shape index (κ1) is 39.0. The summed E-state index contributed by atoms with van der Waals surface area (Å²) in [6, 6.07) is 24.4. The molecule has 0 heterocycles. The second kappa shape index (κ2) is 14.5. The van der Waals surface area contributed by atoms with Crippen molar-refractivity contribution in [2.75, 3.05) is 0 Å². The minimum Gasteiger partial charge on any atom is -1.00 e. The first-order valence-corrected chi connectivity index (χ1v) is 18.8. The van der Waals surface area contributed by atoms with Crippen LogP contribution in [0.25, 0.3) is 0 Å². The molecule has 4 aromatic rings. The Labute approximate surface area is 279 Å². The van der Waals surface area contributed by atoms with E-state index in [1.807, 2.05) is 0 Å². The standard InChI is InChI=1S/C34H43Si2.3ClH.Ti/c1-22-15-23(2)18-32(17-22)36(33-19-24(3)16-25(4)20-33,34-28(7)26(5)27(6)29(34)8)31-14-12-13-30(21-31)35(9,10)11;;;;/h12-21H,1-11H3;3*1H;/q-1;;;;+4/p-3. The van der Waals surface area contributed by atoms with Gasteiger partial charge in [-0.1, -0.05) is 151 Å². The van der Waals surface area contributed by atoms with Crippen LogP contribution in [0.15, 0.2) is 60.7 Å². The first-order valence-electron chi connectivity index (χ1n) is 13.3. The molecular weight excluding hydrogens is 619 g/mol. The Morgan fingerprint density at radius 1 is 0.475 bits per heavy atom. The molecule has 0 unspecified atom stereocenters. The van der Waals surface area contributed by atoms with Crippen molar-refractivity contribution in [3.05, 3.63) is 105 Å². The Kier molecular flexibility index (Phi) is 14.1. The zero-order chi connectivity index (χ0) is 26.6. The van der Waals surface area contributed by atoms with Crippen molar-refractivity contribution < 1.29 is 58.9 Å². The Bertz CT molecular complexity index is 1350. The van der Waals surface area contributed by atoms with Crippen molar-refractivity contribution in [2.24, 2.45) is 0 Å². The van der Waals surface area contributed by atoms with Gasteiger partial charge < -0.3 is 37.2 Å². The van der Waals surface area contributed by atoms with E-state index in [-0.39, 0.29) is 58.9 Å². The van der Waals surface area contributed by atoms with Gasteiger partial charge >= 0.3 is 21.7 Å². The number of aryl methyl sites for hydroxylation is 4. The van der Waals surface area contributed by atoms with Gasteiger partial charge in [-0.15, -0.1) is 5.19 Å². The summed E-state index contributed by atoms with van der Waals surface area (Å²) in [4.78, 5) is 0. The normalized spacial score (nSPS) is 11.1. The third kappa shape index (κ3) is 6.97. The van der Waals surface area contributed by atoms with Crippen molar-refractivity contribution in [1.29, 1.82) is 0 Å². The summed E-state index contributed by atoms with van der Waals surface area (Å²) in [5.41, 5.74) is 11.3. The maximum absolute atomic E-state index is 2.61. The molecule has 4 aromatic carbocycles. The zero-order valence-corrected chi connectivity index (χ0v) is 31.7. The second-order valence-electron chi connectivity index (χ2n) is 12.2. The van der Waals surface area contributed by atoms with E-state index in [1.165, 1.54) is 60.1 Å². The topological polar surface area (TPSA) is 0 Å². The van der Waals surface area contributed by atoms with E-state index in [0.29, 0.717) is 0 Å². The molecule has 0 aromatic heterocycles. The molecule has 0 aliphatic rings. The molecule has 0 aliphatic carbocycles. The molecule has 0 atom stereocenters. The minimum absolute atomic E-state index is 0. The Morgan fingerprint density at radius 2 is 0.825 bits per heavy atom. The smallest absolute Gasteiger partial charge is 1.00 e. The van der Waals surface area contributed by atoms with Gasteiger partial charge in [0.05, 0.1) is 8.07 Å². The van der Waals surface area contributed by atoms with Crippen molar-refractivity contribution >= 4 is 42.1 Å². The summed E-state index contributed by atoms with van der Waals surface area (Å²) < 4.78 is 0. The van der Waals surface area contributed by atoms with Crippen LogP contribution < -0.4 is 63.2 Å². The van der Waals surface area contributed by atoms with Gasteiger partial charge in [0.15, 0.2) is 0 Å². The fourth-order valence-corrected chi connectivity index (χ4v) is 13.5. The predicted octanol–water partition coefficient (Wildman–Crippen LogP) is -3.20. The van der Waals surface area contributed by atoms with Gasteiger partial charge in [-0.05, 0) is 27.7 Å². The first-order chi connectivity index (χ1) is 16.8. The van der Waals surface area contributed by atoms with Crippen LogP contribution in [-0.2, 0) is 21.7 Å². The molecule has 0 fully saturated rings. The van der Waals surface area contributed by atoms with Crippen LogP contribution in [0.2, 0.25) is 19.6 Å². The quantitative estimate of drug-likeness (QED) is 0.120. The van der Waals surface area contributed by atoms with Gasteiger partial charge in [-0.3, -0.25) is 0 Å². The number of rotatable bonds is 5. The fourth-order valence-electron chi connectivity index (χ4n) is 6.32. The van der Waals surface area contributed by atoms with Gasteiger partial charge in [0.1, 0.15) is 8.07 Å². The summed E-state index contributed by atoms with van der Waals surface area (Å²) in [5, 5.41) is 7.68. The van der Waals surface area contributed by atoms with Gasteiger partial charge in [-0.2, -0.15) is 22.3 Å². The maximum Gasteiger partial charge on any atom is 4.00 e. The monoisotopic (exact) mass is 660 g/mol. The molecule has 0 saturated heterocycles. The SMILES string of the molecule is Cc1cc(C)cc([Si](c2cc(C)cc(C)c2)(c2cccc([Si](C)(C)C)c2)[c-]2c(C)c(C)c(C)c2C)c1.[Cl-].[Cl-].[Cl-].[Ti+4]. The van der Waals surface area contributed by atoms with Crippen LogP contribution in [0, 0.1) is 55.4 Å². The number of hydrogen-bond donors (Lipinski definition) is 0. The third-order valence-corrected chi connectivity index (χ3v) is 15.3. The Morgan fingerprint density at radius 3 is 1.18 bits per heavy atom. The van der Waals surface area contributed by atoms with E-state index in [4.69, 9.17) is 0 Å². The molecule has 0 spiro atoms. The maximum atomic E-state index is 2.60. The number of halogens is 3. The average Bonchev–Trinajstić information content (AvgIpc) is 2.96.